The van der Waals surface area contributed by atoms with Crippen LogP contribution in [0.5, 0.6) is 0 Å². The molecule has 1 heteroatoms. The number of benzene rings is 6. The summed E-state index contributed by atoms with van der Waals surface area (Å²) in [5.41, 5.74) is 25.3. The number of hydrogen-bond donors (Lipinski definition) is 0. The summed E-state index contributed by atoms with van der Waals surface area (Å²) in [6.07, 6.45) is 0. The summed E-state index contributed by atoms with van der Waals surface area (Å²) >= 11 is 0. The maximum absolute atomic E-state index is 2.42. The molecule has 0 atom stereocenters. The van der Waals surface area contributed by atoms with Crippen LogP contribution in [-0.4, -0.2) is 6.71 Å². The molecule has 0 aliphatic carbocycles. The molecule has 0 spiro atoms. The SMILES string of the molecule is Cc1cc(C)cc(-c2cccc(-c3cc(C)cc(C)c3)c2B2c3c(C)cc(C)cc3-c3cccc(-c4cc(C)cc(C)c4)c32)c1. The van der Waals surface area contributed by atoms with E-state index in [0.29, 0.717) is 0 Å². The number of rotatable bonds is 4. The predicted molar refractivity (Wildman–Crippen MR) is 197 cm³/mol. The molecule has 1 aliphatic heterocycles. The van der Waals surface area contributed by atoms with Crippen molar-refractivity contribution in [2.75, 3.05) is 0 Å². The Balaban J connectivity index is 1.65. The van der Waals surface area contributed by atoms with E-state index in [0.717, 1.165) is 0 Å². The highest BCUT2D eigenvalue weighted by molar-refractivity contribution is 7.01. The molecule has 0 radical (unpaired) electrons. The molecular weight excluding hydrogens is 539 g/mol. The third-order valence-electron chi connectivity index (χ3n) is 9.50. The fraction of sp³-hybridized carbons (Fsp3) is 0.182. The highest BCUT2D eigenvalue weighted by Crippen LogP contribution is 2.35. The molecule has 6 aromatic carbocycles. The molecule has 0 aromatic heterocycles. The van der Waals surface area contributed by atoms with E-state index in [1.165, 1.54) is 105 Å². The van der Waals surface area contributed by atoms with Gasteiger partial charge < -0.3 is 0 Å². The van der Waals surface area contributed by atoms with E-state index < -0.39 is 0 Å². The molecule has 0 saturated carbocycles. The minimum Gasteiger partial charge on any atom is -0.0611 e. The minimum absolute atomic E-state index is 0.0838. The van der Waals surface area contributed by atoms with Crippen molar-refractivity contribution >= 4 is 23.1 Å². The molecule has 220 valence electrons. The van der Waals surface area contributed by atoms with E-state index in [-0.39, 0.29) is 6.71 Å². The van der Waals surface area contributed by atoms with Crippen molar-refractivity contribution in [2.24, 2.45) is 0 Å². The quantitative estimate of drug-likeness (QED) is 0.182. The van der Waals surface area contributed by atoms with Crippen molar-refractivity contribution < 1.29 is 0 Å². The first-order valence-electron chi connectivity index (χ1n) is 16.2. The predicted octanol–water partition coefficient (Wildman–Crippen LogP) is 9.65. The zero-order valence-electron chi connectivity index (χ0n) is 27.9. The summed E-state index contributed by atoms with van der Waals surface area (Å²) in [5.74, 6) is 0. The molecule has 0 amide bonds. The zero-order chi connectivity index (χ0) is 31.6. The summed E-state index contributed by atoms with van der Waals surface area (Å²) in [6, 6.07) is 39.8. The summed E-state index contributed by atoms with van der Waals surface area (Å²) in [6.45, 7) is 17.9. The Morgan fingerprint density at radius 2 is 0.644 bits per heavy atom. The van der Waals surface area contributed by atoms with E-state index in [9.17, 15) is 0 Å². The second kappa shape index (κ2) is 11.1. The molecule has 7 rings (SSSR count). The highest BCUT2D eigenvalue weighted by atomic mass is 14.3. The Labute approximate surface area is 269 Å². The third kappa shape index (κ3) is 5.15. The average Bonchev–Trinajstić information content (AvgIpc) is 3.29. The Bertz CT molecular complexity index is 2010. The highest BCUT2D eigenvalue weighted by Gasteiger charge is 2.39. The van der Waals surface area contributed by atoms with Crippen LogP contribution in [0.25, 0.3) is 44.5 Å². The Morgan fingerprint density at radius 1 is 0.311 bits per heavy atom. The van der Waals surface area contributed by atoms with Gasteiger partial charge in [0.05, 0.1) is 0 Å². The van der Waals surface area contributed by atoms with Crippen molar-refractivity contribution in [1.29, 1.82) is 0 Å². The van der Waals surface area contributed by atoms with E-state index in [2.05, 4.69) is 159 Å². The lowest BCUT2D eigenvalue weighted by Crippen LogP contribution is -2.52. The summed E-state index contributed by atoms with van der Waals surface area (Å²) < 4.78 is 0. The standard InChI is InChI=1S/C44H41B/c1-26-15-27(2)20-34(19-26)37-11-9-12-38(35-21-28(3)16-29(4)22-35)43(37)45-42-33(8)18-32(7)25-41(42)40-14-10-13-39(44(40)45)36-23-30(5)17-31(6)24-36/h9-25H,1-8H3. The summed E-state index contributed by atoms with van der Waals surface area (Å²) in [4.78, 5) is 0. The maximum atomic E-state index is 2.42. The number of fused-ring (bicyclic) bond motifs is 3. The van der Waals surface area contributed by atoms with E-state index in [1.807, 2.05) is 0 Å². The van der Waals surface area contributed by atoms with Crippen LogP contribution in [0.1, 0.15) is 44.5 Å². The van der Waals surface area contributed by atoms with Gasteiger partial charge in [-0.1, -0.05) is 164 Å². The molecule has 1 aliphatic rings. The molecule has 6 aromatic rings. The van der Waals surface area contributed by atoms with Gasteiger partial charge in [0.1, 0.15) is 0 Å². The lowest BCUT2D eigenvalue weighted by atomic mass is 9.35. The van der Waals surface area contributed by atoms with Crippen LogP contribution in [0.4, 0.5) is 0 Å². The molecule has 0 saturated heterocycles. The average molecular weight is 581 g/mol. The normalized spacial score (nSPS) is 12.0. The van der Waals surface area contributed by atoms with Crippen LogP contribution in [0.2, 0.25) is 0 Å². The zero-order valence-corrected chi connectivity index (χ0v) is 27.9. The van der Waals surface area contributed by atoms with Crippen LogP contribution >= 0.6 is 0 Å². The maximum Gasteiger partial charge on any atom is 0.245 e. The first-order valence-corrected chi connectivity index (χ1v) is 16.2. The van der Waals surface area contributed by atoms with Crippen LogP contribution in [0.15, 0.2) is 103 Å². The molecule has 1 heterocycles. The monoisotopic (exact) mass is 580 g/mol. The van der Waals surface area contributed by atoms with E-state index >= 15 is 0 Å². The van der Waals surface area contributed by atoms with Crippen LogP contribution in [0.3, 0.4) is 0 Å². The van der Waals surface area contributed by atoms with Crippen LogP contribution < -0.4 is 16.4 Å². The molecule has 45 heavy (non-hydrogen) atoms. The largest absolute Gasteiger partial charge is 0.245 e. The van der Waals surface area contributed by atoms with Crippen molar-refractivity contribution in [3.05, 3.63) is 148 Å². The van der Waals surface area contributed by atoms with Gasteiger partial charge >= 0.3 is 0 Å². The van der Waals surface area contributed by atoms with Gasteiger partial charge in [-0.15, -0.1) is 0 Å². The van der Waals surface area contributed by atoms with Crippen LogP contribution in [0, 0.1) is 55.4 Å². The molecular formula is C44H41B. The van der Waals surface area contributed by atoms with Crippen LogP contribution in [-0.2, 0) is 0 Å². The first-order chi connectivity index (χ1) is 21.6. The smallest absolute Gasteiger partial charge is 0.0611 e. The van der Waals surface area contributed by atoms with Gasteiger partial charge in [-0.2, -0.15) is 0 Å². The number of aryl methyl sites for hydroxylation is 8. The van der Waals surface area contributed by atoms with Gasteiger partial charge in [0.2, 0.25) is 6.71 Å². The second-order valence-corrected chi connectivity index (χ2v) is 13.6. The second-order valence-electron chi connectivity index (χ2n) is 13.6. The number of hydrogen-bond acceptors (Lipinski definition) is 0. The van der Waals surface area contributed by atoms with Gasteiger partial charge in [0.15, 0.2) is 0 Å². The van der Waals surface area contributed by atoms with Gasteiger partial charge in [-0.3, -0.25) is 0 Å². The fourth-order valence-corrected chi connectivity index (χ4v) is 8.15. The molecule has 0 N–H and O–H groups in total. The van der Waals surface area contributed by atoms with Gasteiger partial charge in [-0.25, -0.2) is 0 Å². The van der Waals surface area contributed by atoms with Gasteiger partial charge in [0.25, 0.3) is 0 Å². The Morgan fingerprint density at radius 3 is 1.04 bits per heavy atom. The lowest BCUT2D eigenvalue weighted by molar-refractivity contribution is 1.38. The van der Waals surface area contributed by atoms with Crippen molar-refractivity contribution in [2.45, 2.75) is 55.4 Å². The van der Waals surface area contributed by atoms with E-state index in [4.69, 9.17) is 0 Å². The van der Waals surface area contributed by atoms with Crippen molar-refractivity contribution in [3.8, 4) is 44.5 Å². The van der Waals surface area contributed by atoms with Gasteiger partial charge in [-0.05, 0) is 99.9 Å². The Hall–Kier alpha value is -4.62. The third-order valence-corrected chi connectivity index (χ3v) is 9.50. The van der Waals surface area contributed by atoms with Crippen molar-refractivity contribution in [3.63, 3.8) is 0 Å². The molecule has 0 nitrogen and oxygen atoms in total. The minimum atomic E-state index is 0.0838. The fourth-order valence-electron chi connectivity index (χ4n) is 8.15. The summed E-state index contributed by atoms with van der Waals surface area (Å²) in [5, 5.41) is 0. The summed E-state index contributed by atoms with van der Waals surface area (Å²) in [7, 11) is 0. The molecule has 0 bridgehead atoms. The van der Waals surface area contributed by atoms with E-state index in [1.54, 1.807) is 0 Å². The lowest BCUT2D eigenvalue weighted by Gasteiger charge is -2.24. The Kier molecular flexibility index (Phi) is 7.17. The molecule has 0 fully saturated rings. The van der Waals surface area contributed by atoms with Crippen molar-refractivity contribution in [1.82, 2.24) is 0 Å². The van der Waals surface area contributed by atoms with Gasteiger partial charge in [0, 0.05) is 0 Å². The molecule has 0 unspecified atom stereocenters. The first kappa shape index (κ1) is 29.1. The topological polar surface area (TPSA) is 0 Å².